The summed E-state index contributed by atoms with van der Waals surface area (Å²) in [6.07, 6.45) is 6.71. The van der Waals surface area contributed by atoms with Gasteiger partial charge in [-0.05, 0) is 55.2 Å². The highest BCUT2D eigenvalue weighted by molar-refractivity contribution is 5.96. The van der Waals surface area contributed by atoms with Crippen LogP contribution in [0.25, 0.3) is 0 Å². The van der Waals surface area contributed by atoms with Gasteiger partial charge in [0.05, 0.1) is 0 Å². The molecule has 1 aliphatic carbocycles. The number of aryl methyl sites for hydroxylation is 1. The van der Waals surface area contributed by atoms with E-state index in [2.05, 4.69) is 10.6 Å². The second kappa shape index (κ2) is 9.21. The van der Waals surface area contributed by atoms with Crippen molar-refractivity contribution in [2.45, 2.75) is 51.0 Å². The summed E-state index contributed by atoms with van der Waals surface area (Å²) in [5, 5.41) is 5.97. The largest absolute Gasteiger partial charge is 0.399 e. The number of nitrogen functional groups attached to an aromatic ring is 1. The number of carbonyl (C=O) groups excluding carboxylic acids is 2. The van der Waals surface area contributed by atoms with E-state index >= 15 is 0 Å². The fourth-order valence-electron chi connectivity index (χ4n) is 3.45. The van der Waals surface area contributed by atoms with Gasteiger partial charge in [-0.25, -0.2) is 0 Å². The number of rotatable bonds is 6. The van der Waals surface area contributed by atoms with Crippen LogP contribution in [0.1, 0.15) is 54.4 Å². The van der Waals surface area contributed by atoms with E-state index < -0.39 is 0 Å². The normalized spacial score (nSPS) is 14.5. The van der Waals surface area contributed by atoms with Gasteiger partial charge < -0.3 is 16.4 Å². The van der Waals surface area contributed by atoms with E-state index in [9.17, 15) is 9.59 Å². The maximum Gasteiger partial charge on any atom is 0.251 e. The molecule has 0 radical (unpaired) electrons. The average molecular weight is 365 g/mol. The molecule has 0 aromatic heterocycles. The highest BCUT2D eigenvalue weighted by atomic mass is 16.2. The second-order valence-electron chi connectivity index (χ2n) is 7.13. The van der Waals surface area contributed by atoms with E-state index in [0.717, 1.165) is 18.4 Å². The van der Waals surface area contributed by atoms with E-state index in [1.807, 2.05) is 24.3 Å². The third-order valence-electron chi connectivity index (χ3n) is 5.05. The lowest BCUT2D eigenvalue weighted by molar-refractivity contribution is -0.116. The van der Waals surface area contributed by atoms with Crippen LogP contribution in [0, 0.1) is 0 Å². The van der Waals surface area contributed by atoms with E-state index in [4.69, 9.17) is 5.73 Å². The molecule has 3 rings (SSSR count). The first-order chi connectivity index (χ1) is 13.1. The third-order valence-corrected chi connectivity index (χ3v) is 5.05. The third kappa shape index (κ3) is 5.58. The number of hydrogen-bond acceptors (Lipinski definition) is 3. The minimum atomic E-state index is -0.0716. The van der Waals surface area contributed by atoms with E-state index in [1.54, 1.807) is 24.3 Å². The summed E-state index contributed by atoms with van der Waals surface area (Å²) in [5.41, 5.74) is 8.89. The SMILES string of the molecule is Nc1ccccc1CCC(=O)Nc1ccc(C(=O)NC2CCCCC2)cc1. The summed E-state index contributed by atoms with van der Waals surface area (Å²) in [7, 11) is 0. The van der Waals surface area contributed by atoms with Crippen molar-refractivity contribution < 1.29 is 9.59 Å². The first-order valence-electron chi connectivity index (χ1n) is 9.66. The van der Waals surface area contributed by atoms with Crippen molar-refractivity contribution in [3.8, 4) is 0 Å². The molecule has 0 saturated heterocycles. The van der Waals surface area contributed by atoms with Gasteiger partial charge in [0.15, 0.2) is 0 Å². The molecule has 0 heterocycles. The molecule has 4 N–H and O–H groups in total. The number of carbonyl (C=O) groups is 2. The van der Waals surface area contributed by atoms with Crippen molar-refractivity contribution in [1.29, 1.82) is 0 Å². The maximum atomic E-state index is 12.3. The summed E-state index contributed by atoms with van der Waals surface area (Å²) < 4.78 is 0. The van der Waals surface area contributed by atoms with Crippen LogP contribution in [-0.4, -0.2) is 17.9 Å². The van der Waals surface area contributed by atoms with Gasteiger partial charge in [-0.1, -0.05) is 37.5 Å². The monoisotopic (exact) mass is 365 g/mol. The van der Waals surface area contributed by atoms with Crippen LogP contribution in [0.3, 0.4) is 0 Å². The second-order valence-corrected chi connectivity index (χ2v) is 7.13. The van der Waals surface area contributed by atoms with Gasteiger partial charge >= 0.3 is 0 Å². The van der Waals surface area contributed by atoms with Crippen molar-refractivity contribution in [1.82, 2.24) is 5.32 Å². The molecule has 0 spiro atoms. The molecular formula is C22H27N3O2. The number of amides is 2. The van der Waals surface area contributed by atoms with E-state index in [0.29, 0.717) is 29.8 Å². The van der Waals surface area contributed by atoms with Gasteiger partial charge in [0.2, 0.25) is 5.91 Å². The van der Waals surface area contributed by atoms with Gasteiger partial charge in [0.1, 0.15) is 0 Å². The molecule has 0 unspecified atom stereocenters. The van der Waals surface area contributed by atoms with Crippen molar-refractivity contribution in [2.24, 2.45) is 0 Å². The highest BCUT2D eigenvalue weighted by Gasteiger charge is 2.16. The molecule has 1 aliphatic rings. The standard InChI is InChI=1S/C22H27N3O2/c23-20-9-5-4-6-16(20)12-15-21(26)24-19-13-10-17(11-14-19)22(27)25-18-7-2-1-3-8-18/h4-6,9-11,13-14,18H,1-3,7-8,12,15,23H2,(H,24,26)(H,25,27). The van der Waals surface area contributed by atoms with Gasteiger partial charge in [0.25, 0.3) is 5.91 Å². The number of benzene rings is 2. The van der Waals surface area contributed by atoms with Crippen molar-refractivity contribution in [2.75, 3.05) is 11.1 Å². The number of para-hydroxylation sites is 1. The minimum Gasteiger partial charge on any atom is -0.399 e. The fraction of sp³-hybridized carbons (Fsp3) is 0.364. The summed E-state index contributed by atoms with van der Waals surface area (Å²) in [5.74, 6) is -0.114. The highest BCUT2D eigenvalue weighted by Crippen LogP contribution is 2.18. The van der Waals surface area contributed by atoms with Gasteiger partial charge in [-0.2, -0.15) is 0 Å². The molecule has 0 aliphatic heterocycles. The molecule has 142 valence electrons. The predicted octanol–water partition coefficient (Wildman–Crippen LogP) is 3.90. The van der Waals surface area contributed by atoms with Gasteiger partial charge in [0, 0.05) is 29.4 Å². The Morgan fingerprint density at radius 3 is 2.37 bits per heavy atom. The van der Waals surface area contributed by atoms with Gasteiger partial charge in [-0.15, -0.1) is 0 Å². The summed E-state index contributed by atoms with van der Waals surface area (Å²) in [6, 6.07) is 14.9. The molecule has 0 bridgehead atoms. The van der Waals surface area contributed by atoms with Crippen LogP contribution >= 0.6 is 0 Å². The van der Waals surface area contributed by atoms with Crippen LogP contribution in [0.5, 0.6) is 0 Å². The summed E-state index contributed by atoms with van der Waals surface area (Å²) in [6.45, 7) is 0. The first-order valence-corrected chi connectivity index (χ1v) is 9.66. The van der Waals surface area contributed by atoms with Crippen LogP contribution in [0.15, 0.2) is 48.5 Å². The van der Waals surface area contributed by atoms with Crippen LogP contribution < -0.4 is 16.4 Å². The molecule has 2 aromatic rings. The number of anilines is 2. The Hall–Kier alpha value is -2.82. The lowest BCUT2D eigenvalue weighted by atomic mass is 9.95. The maximum absolute atomic E-state index is 12.3. The number of nitrogens with one attached hydrogen (secondary N) is 2. The topological polar surface area (TPSA) is 84.2 Å². The Labute approximate surface area is 160 Å². The number of nitrogens with two attached hydrogens (primary N) is 1. The predicted molar refractivity (Wildman–Crippen MR) is 109 cm³/mol. The van der Waals surface area contributed by atoms with Crippen LogP contribution in [-0.2, 0) is 11.2 Å². The Morgan fingerprint density at radius 1 is 0.963 bits per heavy atom. The van der Waals surface area contributed by atoms with Gasteiger partial charge in [-0.3, -0.25) is 9.59 Å². The fourth-order valence-corrected chi connectivity index (χ4v) is 3.45. The summed E-state index contributed by atoms with van der Waals surface area (Å²) in [4.78, 5) is 24.5. The quantitative estimate of drug-likeness (QED) is 0.679. The molecule has 27 heavy (non-hydrogen) atoms. The molecule has 1 saturated carbocycles. The van der Waals surface area contributed by atoms with Crippen molar-refractivity contribution in [3.05, 3.63) is 59.7 Å². The Balaban J connectivity index is 1.48. The van der Waals surface area contributed by atoms with Crippen LogP contribution in [0.2, 0.25) is 0 Å². The smallest absolute Gasteiger partial charge is 0.251 e. The lowest BCUT2D eigenvalue weighted by Gasteiger charge is -2.22. The zero-order valence-corrected chi connectivity index (χ0v) is 15.5. The van der Waals surface area contributed by atoms with Crippen LogP contribution in [0.4, 0.5) is 11.4 Å². The first kappa shape index (κ1) is 19.0. The molecule has 2 aromatic carbocycles. The average Bonchev–Trinajstić information content (AvgIpc) is 2.69. The molecule has 0 atom stereocenters. The number of hydrogen-bond donors (Lipinski definition) is 3. The van der Waals surface area contributed by atoms with E-state index in [-0.39, 0.29) is 17.9 Å². The molecule has 5 heteroatoms. The Morgan fingerprint density at radius 2 is 1.67 bits per heavy atom. The zero-order valence-electron chi connectivity index (χ0n) is 15.5. The minimum absolute atomic E-state index is 0.0423. The van der Waals surface area contributed by atoms with E-state index in [1.165, 1.54) is 19.3 Å². The van der Waals surface area contributed by atoms with Crippen molar-refractivity contribution >= 4 is 23.2 Å². The molecule has 2 amide bonds. The molecular weight excluding hydrogens is 338 g/mol. The summed E-state index contributed by atoms with van der Waals surface area (Å²) >= 11 is 0. The zero-order chi connectivity index (χ0) is 19.1. The van der Waals surface area contributed by atoms with Crippen molar-refractivity contribution in [3.63, 3.8) is 0 Å². The molecule has 1 fully saturated rings. The lowest BCUT2D eigenvalue weighted by Crippen LogP contribution is -2.36. The Kier molecular flexibility index (Phi) is 6.47. The Bertz CT molecular complexity index is 780. The molecule has 5 nitrogen and oxygen atoms in total.